The number of nitro benzene ring substituents is 1. The van der Waals surface area contributed by atoms with Gasteiger partial charge in [-0.3, -0.25) is 15.2 Å². The van der Waals surface area contributed by atoms with Gasteiger partial charge in [-0.25, -0.2) is 0 Å². The average Bonchev–Trinajstić information content (AvgIpc) is 3.12. The number of hydrogen-bond acceptors (Lipinski definition) is 3. The highest BCUT2D eigenvalue weighted by molar-refractivity contribution is 5.84. The molecule has 0 spiro atoms. The van der Waals surface area contributed by atoms with Crippen molar-refractivity contribution in [2.24, 2.45) is 0 Å². The van der Waals surface area contributed by atoms with E-state index in [0.717, 1.165) is 28.6 Å². The molecule has 27 heavy (non-hydrogen) atoms. The summed E-state index contributed by atoms with van der Waals surface area (Å²) in [5.74, 6) is 0. The molecule has 5 nitrogen and oxygen atoms in total. The first-order chi connectivity index (χ1) is 13.2. The molecule has 0 aliphatic heterocycles. The zero-order valence-electron chi connectivity index (χ0n) is 16.0. The number of aromatic amines is 1. The molecule has 3 aromatic rings. The first-order valence-electron chi connectivity index (χ1n) is 9.22. The van der Waals surface area contributed by atoms with E-state index in [1.807, 2.05) is 32.0 Å². The summed E-state index contributed by atoms with van der Waals surface area (Å²) in [5.41, 5.74) is 4.03. The number of rotatable bonds is 6. The molecule has 140 valence electrons. The van der Waals surface area contributed by atoms with Crippen molar-refractivity contribution in [2.45, 2.75) is 33.6 Å². The maximum Gasteiger partial charge on any atom is 0.270 e. The number of benzene rings is 2. The van der Waals surface area contributed by atoms with Crippen molar-refractivity contribution in [1.29, 1.82) is 0 Å². The maximum atomic E-state index is 11.0. The van der Waals surface area contributed by atoms with E-state index in [2.05, 4.69) is 47.5 Å². The lowest BCUT2D eigenvalue weighted by atomic mass is 10.0. The van der Waals surface area contributed by atoms with Crippen LogP contribution in [-0.2, 0) is 6.42 Å². The number of aromatic nitrogens is 2. The third-order valence-electron chi connectivity index (χ3n) is 3.98. The van der Waals surface area contributed by atoms with Gasteiger partial charge < -0.3 is 0 Å². The minimum Gasteiger partial charge on any atom is -0.281 e. The van der Waals surface area contributed by atoms with Gasteiger partial charge in [-0.2, -0.15) is 5.10 Å². The van der Waals surface area contributed by atoms with Crippen LogP contribution in [0.1, 0.15) is 38.4 Å². The van der Waals surface area contributed by atoms with Crippen molar-refractivity contribution in [3.63, 3.8) is 0 Å². The first kappa shape index (κ1) is 20.1. The topological polar surface area (TPSA) is 71.8 Å². The molecule has 1 aromatic heterocycles. The molecule has 0 aliphatic rings. The van der Waals surface area contributed by atoms with Gasteiger partial charge >= 0.3 is 0 Å². The van der Waals surface area contributed by atoms with Gasteiger partial charge in [-0.1, -0.05) is 69.3 Å². The molecule has 1 N–H and O–H groups in total. The number of allylic oxidation sites excluding steroid dienone is 4. The van der Waals surface area contributed by atoms with Gasteiger partial charge in [0.1, 0.15) is 0 Å². The van der Waals surface area contributed by atoms with Crippen molar-refractivity contribution in [3.05, 3.63) is 88.1 Å². The average molecular weight is 363 g/mol. The van der Waals surface area contributed by atoms with Crippen LogP contribution in [0.25, 0.3) is 16.5 Å². The summed E-state index contributed by atoms with van der Waals surface area (Å²) in [6.07, 6.45) is 7.91. The van der Waals surface area contributed by atoms with Crippen molar-refractivity contribution < 1.29 is 4.92 Å². The van der Waals surface area contributed by atoms with Crippen LogP contribution < -0.4 is 0 Å². The highest BCUT2D eigenvalue weighted by atomic mass is 16.6. The molecule has 1 heterocycles. The summed E-state index contributed by atoms with van der Waals surface area (Å²) in [4.78, 5) is 10.6. The summed E-state index contributed by atoms with van der Waals surface area (Å²) in [6.45, 7) is 6.11. The highest BCUT2D eigenvalue weighted by Gasteiger charge is 2.10. The van der Waals surface area contributed by atoms with Crippen LogP contribution in [0.2, 0.25) is 0 Å². The number of non-ortho nitro benzene ring substituents is 1. The van der Waals surface area contributed by atoms with Gasteiger partial charge in [-0.15, -0.1) is 0 Å². The van der Waals surface area contributed by atoms with E-state index >= 15 is 0 Å². The Balaban J connectivity index is 0.00000126. The fraction of sp³-hybridized carbons (Fsp3) is 0.227. The van der Waals surface area contributed by atoms with E-state index in [9.17, 15) is 10.1 Å². The summed E-state index contributed by atoms with van der Waals surface area (Å²) in [6, 6.07) is 14.9. The molecule has 5 heteroatoms. The van der Waals surface area contributed by atoms with Crippen molar-refractivity contribution in [3.8, 4) is 0 Å². The minimum absolute atomic E-state index is 0.0787. The Morgan fingerprint density at radius 3 is 2.59 bits per heavy atom. The van der Waals surface area contributed by atoms with Gasteiger partial charge in [0, 0.05) is 29.6 Å². The van der Waals surface area contributed by atoms with Crippen LogP contribution in [0.5, 0.6) is 0 Å². The molecule has 0 unspecified atom stereocenters. The Hall–Kier alpha value is -3.21. The van der Waals surface area contributed by atoms with Crippen molar-refractivity contribution in [2.75, 3.05) is 0 Å². The van der Waals surface area contributed by atoms with Gasteiger partial charge in [0.25, 0.3) is 5.69 Å². The largest absolute Gasteiger partial charge is 0.281 e. The van der Waals surface area contributed by atoms with Gasteiger partial charge in [0.15, 0.2) is 0 Å². The molecule has 0 bridgehead atoms. The fourth-order valence-electron chi connectivity index (χ4n) is 2.76. The lowest BCUT2D eigenvalue weighted by molar-refractivity contribution is -0.384. The van der Waals surface area contributed by atoms with Gasteiger partial charge in [0.05, 0.1) is 10.4 Å². The molecule has 0 atom stereocenters. The fourth-order valence-corrected chi connectivity index (χ4v) is 2.76. The smallest absolute Gasteiger partial charge is 0.270 e. The third kappa shape index (κ3) is 5.14. The summed E-state index contributed by atoms with van der Waals surface area (Å²) < 4.78 is 0. The summed E-state index contributed by atoms with van der Waals surface area (Å²) in [7, 11) is 0. The predicted octanol–water partition coefficient (Wildman–Crippen LogP) is 6.09. The lowest BCUT2D eigenvalue weighted by Gasteiger charge is -2.02. The Labute approximate surface area is 159 Å². The minimum atomic E-state index is -0.385. The number of hydrogen-bond donors (Lipinski definition) is 1. The molecule has 0 radical (unpaired) electrons. The Bertz CT molecular complexity index is 941. The molecule has 0 amide bonds. The number of nitrogens with zero attached hydrogens (tertiary/aromatic N) is 2. The van der Waals surface area contributed by atoms with E-state index in [1.165, 1.54) is 11.6 Å². The number of nitrogens with one attached hydrogen (secondary N) is 1. The Kier molecular flexibility index (Phi) is 7.49. The summed E-state index contributed by atoms with van der Waals surface area (Å²) >= 11 is 0. The molecule has 0 saturated heterocycles. The zero-order chi connectivity index (χ0) is 19.6. The molecule has 3 rings (SSSR count). The maximum absolute atomic E-state index is 11.0. The zero-order valence-corrected chi connectivity index (χ0v) is 16.0. The summed E-state index contributed by atoms with van der Waals surface area (Å²) in [5, 5.41) is 19.0. The van der Waals surface area contributed by atoms with Crippen LogP contribution >= 0.6 is 0 Å². The first-order valence-corrected chi connectivity index (χ1v) is 9.22. The molecule has 0 aliphatic carbocycles. The third-order valence-corrected chi connectivity index (χ3v) is 3.98. The van der Waals surface area contributed by atoms with E-state index in [-0.39, 0.29) is 10.6 Å². The van der Waals surface area contributed by atoms with Crippen LogP contribution in [0.15, 0.2) is 66.8 Å². The van der Waals surface area contributed by atoms with Crippen molar-refractivity contribution >= 4 is 22.2 Å². The Morgan fingerprint density at radius 1 is 1.19 bits per heavy atom. The normalized spacial score (nSPS) is 11.4. The van der Waals surface area contributed by atoms with Crippen LogP contribution in [0, 0.1) is 10.1 Å². The van der Waals surface area contributed by atoms with Crippen LogP contribution in [-0.4, -0.2) is 15.1 Å². The standard InChI is InChI=1S/C20H19N3O2.C2H6/c1-2-7-15(16-8-4-3-5-9-16)10-6-11-19-18-14-17(23(24)25)12-13-20(18)22-21-19;1-2/h3-10,12-14H,2,11H2,1H3,(H,21,22);1-2H3/b10-6-,15-7+;. The van der Waals surface area contributed by atoms with Crippen LogP contribution in [0.3, 0.4) is 0 Å². The second-order valence-electron chi connectivity index (χ2n) is 5.70. The number of H-pyrrole nitrogens is 1. The number of fused-ring (bicyclic) bond motifs is 1. The van der Waals surface area contributed by atoms with E-state index in [0.29, 0.717) is 6.42 Å². The molecular formula is C22H25N3O2. The molecule has 0 saturated carbocycles. The quantitative estimate of drug-likeness (QED) is 0.327. The lowest BCUT2D eigenvalue weighted by Crippen LogP contribution is -1.88. The highest BCUT2D eigenvalue weighted by Crippen LogP contribution is 2.23. The van der Waals surface area contributed by atoms with Gasteiger partial charge in [0.2, 0.25) is 0 Å². The van der Waals surface area contributed by atoms with E-state index in [4.69, 9.17) is 0 Å². The molecular weight excluding hydrogens is 338 g/mol. The Morgan fingerprint density at radius 2 is 1.93 bits per heavy atom. The van der Waals surface area contributed by atoms with Crippen LogP contribution in [0.4, 0.5) is 5.69 Å². The number of nitro groups is 1. The molecule has 2 aromatic carbocycles. The second kappa shape index (κ2) is 10.1. The van der Waals surface area contributed by atoms with Gasteiger partial charge in [-0.05, 0) is 23.6 Å². The second-order valence-corrected chi connectivity index (χ2v) is 5.70. The SMILES string of the molecule is CC.CC/C=C(\C=C/Cc1[nH]nc2ccc([N+](=O)[O-])cc12)c1ccccc1. The molecule has 0 fully saturated rings. The monoisotopic (exact) mass is 363 g/mol. The van der Waals surface area contributed by atoms with E-state index in [1.54, 1.807) is 12.1 Å². The van der Waals surface area contributed by atoms with Crippen molar-refractivity contribution in [1.82, 2.24) is 10.2 Å². The van der Waals surface area contributed by atoms with E-state index < -0.39 is 0 Å². The predicted molar refractivity (Wildman–Crippen MR) is 112 cm³/mol.